The van der Waals surface area contributed by atoms with Crippen LogP contribution in [0.25, 0.3) is 0 Å². The maximum Gasteiger partial charge on any atom is 0.317 e. The number of nitrogens with one attached hydrogen (secondary N) is 1. The number of aromatic nitrogens is 1. The zero-order valence-corrected chi connectivity index (χ0v) is 16.2. The Balaban J connectivity index is 1.82. The summed E-state index contributed by atoms with van der Waals surface area (Å²) in [6.07, 6.45) is 3.80. The van der Waals surface area contributed by atoms with Gasteiger partial charge in [0.25, 0.3) is 0 Å². The average molecular weight is 364 g/mol. The third kappa shape index (κ3) is 6.14. The van der Waals surface area contributed by atoms with Gasteiger partial charge in [0.15, 0.2) is 0 Å². The number of piperazine rings is 1. The monoisotopic (exact) mass is 363 g/mol. The lowest BCUT2D eigenvalue weighted by atomic mass is 10.2. The molecule has 1 aliphatic rings. The van der Waals surface area contributed by atoms with Crippen LogP contribution in [0.2, 0.25) is 0 Å². The summed E-state index contributed by atoms with van der Waals surface area (Å²) in [6, 6.07) is 3.93. The van der Waals surface area contributed by atoms with Crippen LogP contribution in [-0.2, 0) is 6.54 Å². The molecule has 146 valence electrons. The summed E-state index contributed by atoms with van der Waals surface area (Å²) in [5, 5.41) is 12.0. The highest BCUT2D eigenvalue weighted by atomic mass is 16.3. The van der Waals surface area contributed by atoms with Gasteiger partial charge in [-0.2, -0.15) is 0 Å². The number of carbonyl (C=O) groups excluding carboxylic acids is 1. The lowest BCUT2D eigenvalue weighted by Gasteiger charge is -2.34. The summed E-state index contributed by atoms with van der Waals surface area (Å²) in [7, 11) is 0. The molecule has 0 aromatic carbocycles. The number of urea groups is 1. The van der Waals surface area contributed by atoms with Crippen molar-refractivity contribution in [3.8, 4) is 0 Å². The van der Waals surface area contributed by atoms with Crippen LogP contribution in [0.3, 0.4) is 0 Å². The Kier molecular flexibility index (Phi) is 8.64. The van der Waals surface area contributed by atoms with E-state index >= 15 is 0 Å². The number of likely N-dealkylation sites (N-methyl/N-ethyl adjacent to an activating group) is 1. The second-order valence-electron chi connectivity index (χ2n) is 6.67. The van der Waals surface area contributed by atoms with Gasteiger partial charge in [-0.3, -0.25) is 0 Å². The number of nitrogens with zero attached hydrogens (tertiary/aromatic N) is 4. The molecule has 7 nitrogen and oxygen atoms in total. The van der Waals surface area contributed by atoms with E-state index < -0.39 is 0 Å². The Morgan fingerprint density at radius 3 is 2.58 bits per heavy atom. The number of amides is 2. The molecule has 1 aromatic rings. The third-order valence-electron chi connectivity index (χ3n) is 4.84. The first-order chi connectivity index (χ1) is 12.7. The minimum Gasteiger partial charge on any atom is -0.395 e. The fraction of sp³-hybridized carbons (Fsp3) is 0.684. The van der Waals surface area contributed by atoms with Gasteiger partial charge in [0.1, 0.15) is 5.82 Å². The highest BCUT2D eigenvalue weighted by Gasteiger charge is 2.17. The van der Waals surface area contributed by atoms with E-state index in [1.165, 1.54) is 0 Å². The number of unbranched alkanes of at least 4 members (excludes halogenated alkanes) is 1. The van der Waals surface area contributed by atoms with Crippen molar-refractivity contribution in [3.63, 3.8) is 0 Å². The number of aliphatic hydroxyl groups excluding tert-OH is 1. The quantitative estimate of drug-likeness (QED) is 0.696. The van der Waals surface area contributed by atoms with Crippen LogP contribution >= 0.6 is 0 Å². The Morgan fingerprint density at radius 2 is 2.00 bits per heavy atom. The molecule has 0 bridgehead atoms. The predicted octanol–water partition coefficient (Wildman–Crippen LogP) is 1.53. The molecule has 0 atom stereocenters. The highest BCUT2D eigenvalue weighted by Crippen LogP contribution is 2.14. The molecule has 2 heterocycles. The fourth-order valence-corrected chi connectivity index (χ4v) is 3.08. The maximum atomic E-state index is 12.3. The summed E-state index contributed by atoms with van der Waals surface area (Å²) < 4.78 is 0. The molecular weight excluding hydrogens is 330 g/mol. The number of rotatable bonds is 9. The van der Waals surface area contributed by atoms with E-state index in [-0.39, 0.29) is 12.6 Å². The van der Waals surface area contributed by atoms with Gasteiger partial charge in [0, 0.05) is 52.0 Å². The molecule has 2 N–H and O–H groups in total. The molecule has 7 heteroatoms. The standard InChI is InChI=1S/C19H33N5O2/c1-3-5-8-24(13-14-25)19(26)21-16-17-6-7-18(20-15-17)23-11-9-22(4-2)10-12-23/h6-7,15,25H,3-5,8-14,16H2,1-2H3,(H,21,26). The molecule has 1 saturated heterocycles. The van der Waals surface area contributed by atoms with Crippen LogP contribution in [-0.4, -0.2) is 78.3 Å². The molecule has 1 fully saturated rings. The lowest BCUT2D eigenvalue weighted by molar-refractivity contribution is 0.176. The number of aliphatic hydroxyl groups is 1. The summed E-state index contributed by atoms with van der Waals surface area (Å²) in [5.41, 5.74) is 0.980. The highest BCUT2D eigenvalue weighted by molar-refractivity contribution is 5.74. The third-order valence-corrected chi connectivity index (χ3v) is 4.84. The molecule has 0 radical (unpaired) electrons. The van der Waals surface area contributed by atoms with Gasteiger partial charge < -0.3 is 25.1 Å². The van der Waals surface area contributed by atoms with Crippen molar-refractivity contribution in [3.05, 3.63) is 23.9 Å². The molecule has 2 amide bonds. The van der Waals surface area contributed by atoms with Gasteiger partial charge in [-0.15, -0.1) is 0 Å². The number of hydrogen-bond donors (Lipinski definition) is 2. The molecule has 0 aliphatic carbocycles. The molecule has 0 saturated carbocycles. The van der Waals surface area contributed by atoms with Crippen LogP contribution in [0.5, 0.6) is 0 Å². The molecule has 1 aliphatic heterocycles. The normalized spacial score (nSPS) is 15.1. The Bertz CT molecular complexity index is 529. The average Bonchev–Trinajstić information content (AvgIpc) is 2.69. The Morgan fingerprint density at radius 1 is 1.23 bits per heavy atom. The van der Waals surface area contributed by atoms with E-state index in [2.05, 4.69) is 33.9 Å². The van der Waals surface area contributed by atoms with Crippen molar-refractivity contribution in [2.45, 2.75) is 33.2 Å². The Hall–Kier alpha value is -1.86. The van der Waals surface area contributed by atoms with Crippen LogP contribution < -0.4 is 10.2 Å². The van der Waals surface area contributed by atoms with Gasteiger partial charge >= 0.3 is 6.03 Å². The molecular formula is C19H33N5O2. The van der Waals surface area contributed by atoms with Gasteiger partial charge in [-0.05, 0) is 24.6 Å². The molecule has 0 spiro atoms. The zero-order valence-electron chi connectivity index (χ0n) is 16.2. The topological polar surface area (TPSA) is 71.9 Å². The van der Waals surface area contributed by atoms with Crippen LogP contribution in [0, 0.1) is 0 Å². The SMILES string of the molecule is CCCCN(CCO)C(=O)NCc1ccc(N2CCN(CC)CC2)nc1. The van der Waals surface area contributed by atoms with Crippen LogP contribution in [0.1, 0.15) is 32.3 Å². The summed E-state index contributed by atoms with van der Waals surface area (Å²) in [4.78, 5) is 23.2. The van der Waals surface area contributed by atoms with Crippen molar-refractivity contribution in [2.75, 3.05) is 57.3 Å². The number of carbonyl (C=O) groups is 1. The van der Waals surface area contributed by atoms with Gasteiger partial charge in [-0.25, -0.2) is 9.78 Å². The second-order valence-corrected chi connectivity index (χ2v) is 6.67. The predicted molar refractivity (Wildman–Crippen MR) is 104 cm³/mol. The number of pyridine rings is 1. The first-order valence-corrected chi connectivity index (χ1v) is 9.73. The van der Waals surface area contributed by atoms with Gasteiger partial charge in [0.2, 0.25) is 0 Å². The Labute approximate surface area is 157 Å². The summed E-state index contributed by atoms with van der Waals surface area (Å²) in [5.74, 6) is 1.00. The van der Waals surface area contributed by atoms with E-state index in [0.717, 1.165) is 56.9 Å². The minimum atomic E-state index is -0.132. The smallest absolute Gasteiger partial charge is 0.317 e. The van der Waals surface area contributed by atoms with E-state index in [9.17, 15) is 4.79 Å². The van der Waals surface area contributed by atoms with Crippen molar-refractivity contribution in [1.29, 1.82) is 0 Å². The summed E-state index contributed by atoms with van der Waals surface area (Å²) in [6.45, 7) is 11.0. The number of anilines is 1. The fourth-order valence-electron chi connectivity index (χ4n) is 3.08. The lowest BCUT2D eigenvalue weighted by Crippen LogP contribution is -2.46. The minimum absolute atomic E-state index is 0.0152. The van der Waals surface area contributed by atoms with E-state index in [0.29, 0.717) is 19.6 Å². The van der Waals surface area contributed by atoms with E-state index in [1.54, 1.807) is 4.90 Å². The largest absolute Gasteiger partial charge is 0.395 e. The first kappa shape index (κ1) is 20.5. The van der Waals surface area contributed by atoms with Crippen molar-refractivity contribution in [1.82, 2.24) is 20.1 Å². The van der Waals surface area contributed by atoms with Gasteiger partial charge in [-0.1, -0.05) is 26.3 Å². The van der Waals surface area contributed by atoms with Crippen molar-refractivity contribution >= 4 is 11.8 Å². The van der Waals surface area contributed by atoms with Crippen molar-refractivity contribution in [2.24, 2.45) is 0 Å². The molecule has 2 rings (SSSR count). The van der Waals surface area contributed by atoms with E-state index in [1.807, 2.05) is 18.3 Å². The molecule has 1 aromatic heterocycles. The van der Waals surface area contributed by atoms with Crippen molar-refractivity contribution < 1.29 is 9.90 Å². The van der Waals surface area contributed by atoms with Gasteiger partial charge in [0.05, 0.1) is 6.61 Å². The maximum absolute atomic E-state index is 12.3. The molecule has 0 unspecified atom stereocenters. The van der Waals surface area contributed by atoms with Crippen LogP contribution in [0.15, 0.2) is 18.3 Å². The molecule has 26 heavy (non-hydrogen) atoms. The van der Waals surface area contributed by atoms with Crippen LogP contribution in [0.4, 0.5) is 10.6 Å². The first-order valence-electron chi connectivity index (χ1n) is 9.73. The zero-order chi connectivity index (χ0) is 18.8. The second kappa shape index (κ2) is 11.0. The summed E-state index contributed by atoms with van der Waals surface area (Å²) >= 11 is 0. The van der Waals surface area contributed by atoms with E-state index in [4.69, 9.17) is 5.11 Å². The number of hydrogen-bond acceptors (Lipinski definition) is 5.